The van der Waals surface area contributed by atoms with Crippen LogP contribution in [-0.4, -0.2) is 16.1 Å². The Morgan fingerprint density at radius 1 is 1.30 bits per heavy atom. The summed E-state index contributed by atoms with van der Waals surface area (Å²) < 4.78 is 0. The molecule has 1 heterocycles. The van der Waals surface area contributed by atoms with Crippen LogP contribution in [0.2, 0.25) is 5.02 Å². The molecule has 0 radical (unpaired) electrons. The van der Waals surface area contributed by atoms with Crippen LogP contribution in [0.25, 0.3) is 11.3 Å². The third-order valence-electron chi connectivity index (χ3n) is 3.61. The molecule has 0 unspecified atom stereocenters. The molecule has 0 aliphatic heterocycles. The van der Waals surface area contributed by atoms with Gasteiger partial charge in [0.1, 0.15) is 0 Å². The summed E-state index contributed by atoms with van der Waals surface area (Å²) in [4.78, 5) is 16.0. The lowest BCUT2D eigenvalue weighted by Crippen LogP contribution is -2.08. The first-order chi connectivity index (χ1) is 9.47. The first-order valence-corrected chi connectivity index (χ1v) is 6.91. The summed E-state index contributed by atoms with van der Waals surface area (Å²) >= 11 is 6.02. The van der Waals surface area contributed by atoms with Crippen LogP contribution in [0, 0.1) is 0 Å². The maximum absolute atomic E-state index is 11.4. The van der Waals surface area contributed by atoms with Crippen LogP contribution < -0.4 is 0 Å². The van der Waals surface area contributed by atoms with Gasteiger partial charge in [-0.15, -0.1) is 0 Å². The fourth-order valence-electron chi connectivity index (χ4n) is 2.69. The molecule has 3 rings (SSSR count). The molecule has 4 heteroatoms. The summed E-state index contributed by atoms with van der Waals surface area (Å²) in [5, 5.41) is 10.0. The highest BCUT2D eigenvalue weighted by atomic mass is 35.5. The summed E-state index contributed by atoms with van der Waals surface area (Å²) in [6.45, 7) is 3.91. The molecule has 102 valence electrons. The number of carboxylic acid groups (broad SMARTS) is 1. The normalized spacial score (nSPS) is 12.4. The van der Waals surface area contributed by atoms with E-state index < -0.39 is 5.97 Å². The average Bonchev–Trinajstić information content (AvgIpc) is 2.73. The minimum absolute atomic E-state index is 0.0720. The molecule has 1 aliphatic carbocycles. The third-order valence-corrected chi connectivity index (χ3v) is 3.85. The zero-order valence-corrected chi connectivity index (χ0v) is 12.0. The van der Waals surface area contributed by atoms with Gasteiger partial charge < -0.3 is 5.11 Å². The first kappa shape index (κ1) is 13.1. The van der Waals surface area contributed by atoms with Crippen molar-refractivity contribution in [3.63, 3.8) is 0 Å². The Morgan fingerprint density at radius 3 is 2.70 bits per heavy atom. The molecule has 0 saturated carbocycles. The van der Waals surface area contributed by atoms with Gasteiger partial charge in [-0.1, -0.05) is 31.5 Å². The number of fused-ring (bicyclic) bond motifs is 3. The van der Waals surface area contributed by atoms with E-state index in [0.717, 1.165) is 22.4 Å². The molecule has 0 bridgehead atoms. The molecular weight excluding hydrogens is 274 g/mol. The number of carbonyl (C=O) groups is 1. The Kier molecular flexibility index (Phi) is 3.02. The minimum atomic E-state index is -0.919. The van der Waals surface area contributed by atoms with E-state index in [1.165, 1.54) is 0 Å². The van der Waals surface area contributed by atoms with Gasteiger partial charge in [-0.05, 0) is 35.2 Å². The minimum Gasteiger partial charge on any atom is -0.478 e. The number of pyridine rings is 1. The van der Waals surface area contributed by atoms with Crippen molar-refractivity contribution in [1.82, 2.24) is 4.98 Å². The fraction of sp³-hybridized carbons (Fsp3) is 0.250. The zero-order valence-electron chi connectivity index (χ0n) is 11.3. The lowest BCUT2D eigenvalue weighted by Gasteiger charge is -2.11. The van der Waals surface area contributed by atoms with Crippen molar-refractivity contribution < 1.29 is 9.90 Å². The van der Waals surface area contributed by atoms with Gasteiger partial charge in [0.05, 0.1) is 17.0 Å². The van der Waals surface area contributed by atoms with E-state index in [0.29, 0.717) is 22.7 Å². The Balaban J connectivity index is 2.23. The number of benzene rings is 1. The number of nitrogens with zero attached hydrogens (tertiary/aromatic N) is 1. The van der Waals surface area contributed by atoms with E-state index >= 15 is 0 Å². The number of carboxylic acids is 1. The van der Waals surface area contributed by atoms with Crippen molar-refractivity contribution in [2.24, 2.45) is 0 Å². The summed E-state index contributed by atoms with van der Waals surface area (Å²) in [7, 11) is 0. The molecule has 0 amide bonds. The van der Waals surface area contributed by atoms with Crippen LogP contribution in [-0.2, 0) is 6.42 Å². The fourth-order valence-corrected chi connectivity index (χ4v) is 2.89. The van der Waals surface area contributed by atoms with Gasteiger partial charge in [0, 0.05) is 17.0 Å². The lowest BCUT2D eigenvalue weighted by atomic mass is 10.0. The highest BCUT2D eigenvalue weighted by Gasteiger charge is 2.25. The van der Waals surface area contributed by atoms with E-state index in [1.54, 1.807) is 6.07 Å². The topological polar surface area (TPSA) is 50.2 Å². The van der Waals surface area contributed by atoms with Gasteiger partial charge in [-0.3, -0.25) is 4.98 Å². The molecule has 2 aromatic rings. The van der Waals surface area contributed by atoms with Crippen LogP contribution >= 0.6 is 11.6 Å². The summed E-state index contributed by atoms with van der Waals surface area (Å²) in [6.07, 6.45) is 0.691. The van der Waals surface area contributed by atoms with E-state index in [9.17, 15) is 9.90 Å². The van der Waals surface area contributed by atoms with Crippen molar-refractivity contribution in [3.05, 3.63) is 51.7 Å². The van der Waals surface area contributed by atoms with Gasteiger partial charge in [0.2, 0.25) is 0 Å². The molecule has 20 heavy (non-hydrogen) atoms. The zero-order chi connectivity index (χ0) is 14.4. The predicted molar refractivity (Wildman–Crippen MR) is 78.5 cm³/mol. The molecule has 1 N–H and O–H groups in total. The number of rotatable bonds is 2. The van der Waals surface area contributed by atoms with Crippen molar-refractivity contribution in [1.29, 1.82) is 0 Å². The Hall–Kier alpha value is -1.87. The van der Waals surface area contributed by atoms with Crippen molar-refractivity contribution in [2.45, 2.75) is 26.2 Å². The second-order valence-electron chi connectivity index (χ2n) is 5.37. The average molecular weight is 288 g/mol. The van der Waals surface area contributed by atoms with Crippen LogP contribution in [0.15, 0.2) is 24.3 Å². The standard InChI is InChI=1S/C16H14ClNO2/c1-8(2)14-13(16(19)20)7-10-5-9-6-11(17)3-4-12(9)15(10)18-14/h3-4,6-8H,5H2,1-2H3,(H,19,20). The largest absolute Gasteiger partial charge is 0.478 e. The van der Waals surface area contributed by atoms with E-state index in [-0.39, 0.29) is 5.92 Å². The molecule has 0 fully saturated rings. The number of aromatic nitrogens is 1. The van der Waals surface area contributed by atoms with Crippen molar-refractivity contribution in [3.8, 4) is 11.3 Å². The van der Waals surface area contributed by atoms with Gasteiger partial charge in [0.25, 0.3) is 0 Å². The molecular formula is C16H14ClNO2. The second-order valence-corrected chi connectivity index (χ2v) is 5.80. The van der Waals surface area contributed by atoms with Crippen molar-refractivity contribution in [2.75, 3.05) is 0 Å². The molecule has 1 aromatic heterocycles. The van der Waals surface area contributed by atoms with Crippen LogP contribution in [0.5, 0.6) is 0 Å². The van der Waals surface area contributed by atoms with Gasteiger partial charge in [-0.25, -0.2) is 4.79 Å². The summed E-state index contributed by atoms with van der Waals surface area (Å²) in [5.41, 5.74) is 4.96. The number of halogens is 1. The predicted octanol–water partition coefficient (Wildman–Crippen LogP) is 4.13. The quantitative estimate of drug-likeness (QED) is 0.771. The first-order valence-electron chi connectivity index (χ1n) is 6.53. The van der Waals surface area contributed by atoms with Crippen LogP contribution in [0.3, 0.4) is 0 Å². The van der Waals surface area contributed by atoms with E-state index in [1.807, 2.05) is 32.0 Å². The second kappa shape index (κ2) is 4.60. The van der Waals surface area contributed by atoms with Gasteiger partial charge >= 0.3 is 5.97 Å². The lowest BCUT2D eigenvalue weighted by molar-refractivity contribution is 0.0694. The van der Waals surface area contributed by atoms with Gasteiger partial charge in [0.15, 0.2) is 0 Å². The monoisotopic (exact) mass is 287 g/mol. The smallest absolute Gasteiger partial charge is 0.337 e. The molecule has 0 atom stereocenters. The molecule has 1 aliphatic rings. The Morgan fingerprint density at radius 2 is 2.05 bits per heavy atom. The van der Waals surface area contributed by atoms with Crippen LogP contribution in [0.1, 0.15) is 46.9 Å². The summed E-state index contributed by atoms with van der Waals surface area (Å²) in [5.74, 6) is -0.847. The molecule has 0 spiro atoms. The number of aromatic carboxylic acids is 1. The number of hydrogen-bond acceptors (Lipinski definition) is 2. The van der Waals surface area contributed by atoms with E-state index in [4.69, 9.17) is 11.6 Å². The number of hydrogen-bond donors (Lipinski definition) is 1. The van der Waals surface area contributed by atoms with Gasteiger partial charge in [-0.2, -0.15) is 0 Å². The van der Waals surface area contributed by atoms with Crippen LogP contribution in [0.4, 0.5) is 0 Å². The highest BCUT2D eigenvalue weighted by molar-refractivity contribution is 6.30. The van der Waals surface area contributed by atoms with E-state index in [2.05, 4.69) is 4.98 Å². The highest BCUT2D eigenvalue weighted by Crippen LogP contribution is 2.38. The SMILES string of the molecule is CC(C)c1nc2c(cc1C(=O)O)Cc1cc(Cl)ccc1-2. The Bertz CT molecular complexity index is 723. The molecule has 3 nitrogen and oxygen atoms in total. The Labute approximate surface area is 122 Å². The molecule has 0 saturated heterocycles. The summed E-state index contributed by atoms with van der Waals surface area (Å²) in [6, 6.07) is 7.49. The maximum Gasteiger partial charge on any atom is 0.337 e. The molecule has 1 aromatic carbocycles. The maximum atomic E-state index is 11.4. The third kappa shape index (κ3) is 1.98. The van der Waals surface area contributed by atoms with Crippen molar-refractivity contribution >= 4 is 17.6 Å².